The summed E-state index contributed by atoms with van der Waals surface area (Å²) in [5, 5.41) is 0. The second-order valence-corrected chi connectivity index (χ2v) is 7.46. The van der Waals surface area contributed by atoms with Crippen LogP contribution in [-0.2, 0) is 9.47 Å². The Morgan fingerprint density at radius 3 is 2.76 bits per heavy atom. The molecule has 2 aliphatic heterocycles. The minimum Gasteiger partial charge on any atom is -0.379 e. The van der Waals surface area contributed by atoms with Gasteiger partial charge in [0, 0.05) is 44.1 Å². The number of rotatable bonds is 4. The van der Waals surface area contributed by atoms with Gasteiger partial charge in [0.05, 0.1) is 32.0 Å². The Morgan fingerprint density at radius 1 is 1.17 bits per heavy atom. The van der Waals surface area contributed by atoms with Crippen molar-refractivity contribution < 1.29 is 18.7 Å². The van der Waals surface area contributed by atoms with E-state index < -0.39 is 0 Å². The van der Waals surface area contributed by atoms with Crippen molar-refractivity contribution in [2.24, 2.45) is 0 Å². The summed E-state index contributed by atoms with van der Waals surface area (Å²) in [6.07, 6.45) is 3.31. The van der Waals surface area contributed by atoms with Crippen molar-refractivity contribution in [3.63, 3.8) is 0 Å². The summed E-state index contributed by atoms with van der Waals surface area (Å²) in [4.78, 5) is 21.8. The SMILES string of the molecule is Cc1c(F)cccc1C(=O)N1CCO[C@@H](CN2CCOCC2)[C@@H]1c1cccnc1. The summed E-state index contributed by atoms with van der Waals surface area (Å²) in [7, 11) is 0. The van der Waals surface area contributed by atoms with E-state index in [2.05, 4.69) is 9.88 Å². The fourth-order valence-electron chi connectivity index (χ4n) is 4.09. The van der Waals surface area contributed by atoms with Crippen LogP contribution in [0.4, 0.5) is 4.39 Å². The number of aromatic nitrogens is 1. The highest BCUT2D eigenvalue weighted by Gasteiger charge is 2.38. The Kier molecular flexibility index (Phi) is 6.18. The first-order chi connectivity index (χ1) is 14.1. The molecule has 0 unspecified atom stereocenters. The zero-order valence-electron chi connectivity index (χ0n) is 16.6. The number of hydrogen-bond donors (Lipinski definition) is 0. The van der Waals surface area contributed by atoms with Crippen LogP contribution in [0.5, 0.6) is 0 Å². The summed E-state index contributed by atoms with van der Waals surface area (Å²) in [6.45, 7) is 6.35. The largest absolute Gasteiger partial charge is 0.379 e. The Hall–Kier alpha value is -2.35. The molecule has 4 rings (SSSR count). The van der Waals surface area contributed by atoms with Crippen molar-refractivity contribution >= 4 is 5.91 Å². The molecule has 2 aromatic rings. The zero-order chi connectivity index (χ0) is 20.2. The van der Waals surface area contributed by atoms with Crippen LogP contribution in [0, 0.1) is 12.7 Å². The predicted octanol–water partition coefficient (Wildman–Crippen LogP) is 2.44. The molecule has 29 heavy (non-hydrogen) atoms. The summed E-state index contributed by atoms with van der Waals surface area (Å²) >= 11 is 0. The van der Waals surface area contributed by atoms with Crippen LogP contribution in [0.15, 0.2) is 42.7 Å². The van der Waals surface area contributed by atoms with E-state index in [0.29, 0.717) is 44.0 Å². The standard InChI is InChI=1S/C22H26FN3O3/c1-16-18(5-2-6-19(16)23)22(27)26-10-13-29-20(15-25-8-11-28-12-9-25)21(26)17-4-3-7-24-14-17/h2-7,14,20-21H,8-13,15H2,1H3/t20-,21-/m0/s1. The van der Waals surface area contributed by atoms with Crippen LogP contribution in [0.2, 0.25) is 0 Å². The van der Waals surface area contributed by atoms with Crippen molar-refractivity contribution in [3.05, 3.63) is 65.2 Å². The monoisotopic (exact) mass is 399 g/mol. The number of halogens is 1. The van der Waals surface area contributed by atoms with Gasteiger partial charge < -0.3 is 14.4 Å². The Morgan fingerprint density at radius 2 is 2.00 bits per heavy atom. The molecular weight excluding hydrogens is 373 g/mol. The highest BCUT2D eigenvalue weighted by Crippen LogP contribution is 2.32. The van der Waals surface area contributed by atoms with E-state index in [1.807, 2.05) is 17.0 Å². The lowest BCUT2D eigenvalue weighted by Crippen LogP contribution is -2.53. The van der Waals surface area contributed by atoms with Crippen molar-refractivity contribution in [2.75, 3.05) is 46.0 Å². The van der Waals surface area contributed by atoms with Gasteiger partial charge >= 0.3 is 0 Å². The molecule has 154 valence electrons. The molecule has 1 amide bonds. The van der Waals surface area contributed by atoms with Crippen LogP contribution in [0.25, 0.3) is 0 Å². The van der Waals surface area contributed by atoms with Gasteiger partial charge in [0.25, 0.3) is 5.91 Å². The molecule has 2 atom stereocenters. The van der Waals surface area contributed by atoms with Crippen LogP contribution >= 0.6 is 0 Å². The highest BCUT2D eigenvalue weighted by molar-refractivity contribution is 5.96. The minimum absolute atomic E-state index is 0.175. The van der Waals surface area contributed by atoms with Crippen molar-refractivity contribution in [3.8, 4) is 0 Å². The van der Waals surface area contributed by atoms with Crippen molar-refractivity contribution in [2.45, 2.75) is 19.1 Å². The molecule has 0 saturated carbocycles. The number of nitrogens with zero attached hydrogens (tertiary/aromatic N) is 3. The summed E-state index contributed by atoms with van der Waals surface area (Å²) in [6, 6.07) is 8.21. The second-order valence-electron chi connectivity index (χ2n) is 7.46. The van der Waals surface area contributed by atoms with E-state index in [-0.39, 0.29) is 23.9 Å². The molecule has 7 heteroatoms. The number of ether oxygens (including phenoxy) is 2. The molecule has 2 aliphatic rings. The van der Waals surface area contributed by atoms with Crippen LogP contribution in [0.1, 0.15) is 27.5 Å². The third-order valence-electron chi connectivity index (χ3n) is 5.68. The predicted molar refractivity (Wildman–Crippen MR) is 106 cm³/mol. The van der Waals surface area contributed by atoms with E-state index in [0.717, 1.165) is 18.7 Å². The molecule has 2 fully saturated rings. The van der Waals surface area contributed by atoms with Crippen LogP contribution in [-0.4, -0.2) is 72.8 Å². The topological polar surface area (TPSA) is 54.9 Å². The lowest BCUT2D eigenvalue weighted by Gasteiger charge is -2.43. The number of carbonyl (C=O) groups excluding carboxylic acids is 1. The Bertz CT molecular complexity index is 842. The van der Waals surface area contributed by atoms with Gasteiger partial charge in [0.2, 0.25) is 0 Å². The van der Waals surface area contributed by atoms with Crippen molar-refractivity contribution in [1.29, 1.82) is 0 Å². The summed E-state index contributed by atoms with van der Waals surface area (Å²) in [5.74, 6) is -0.543. The first-order valence-corrected chi connectivity index (χ1v) is 10.0. The van der Waals surface area contributed by atoms with Gasteiger partial charge in [0.1, 0.15) is 5.82 Å². The van der Waals surface area contributed by atoms with Gasteiger partial charge in [-0.05, 0) is 36.2 Å². The maximum absolute atomic E-state index is 14.1. The number of benzene rings is 1. The average Bonchev–Trinajstić information content (AvgIpc) is 2.76. The van der Waals surface area contributed by atoms with E-state index in [4.69, 9.17) is 9.47 Å². The number of morpholine rings is 2. The molecule has 0 spiro atoms. The first kappa shape index (κ1) is 19.9. The molecule has 0 aliphatic carbocycles. The molecule has 3 heterocycles. The number of carbonyl (C=O) groups is 1. The summed E-state index contributed by atoms with van der Waals surface area (Å²) < 4.78 is 25.7. The fourth-order valence-corrected chi connectivity index (χ4v) is 4.09. The highest BCUT2D eigenvalue weighted by atomic mass is 19.1. The van der Waals surface area contributed by atoms with Crippen LogP contribution in [0.3, 0.4) is 0 Å². The third-order valence-corrected chi connectivity index (χ3v) is 5.68. The zero-order valence-corrected chi connectivity index (χ0v) is 16.6. The molecular formula is C22H26FN3O3. The number of pyridine rings is 1. The Balaban J connectivity index is 1.65. The van der Waals surface area contributed by atoms with Gasteiger partial charge in [0.15, 0.2) is 0 Å². The smallest absolute Gasteiger partial charge is 0.254 e. The molecule has 6 nitrogen and oxygen atoms in total. The third kappa shape index (κ3) is 4.32. The van der Waals surface area contributed by atoms with E-state index in [1.165, 1.54) is 6.07 Å². The van der Waals surface area contributed by atoms with Gasteiger partial charge in [-0.3, -0.25) is 14.7 Å². The van der Waals surface area contributed by atoms with Gasteiger partial charge in [-0.2, -0.15) is 0 Å². The number of amides is 1. The minimum atomic E-state index is -0.369. The Labute approximate surface area is 170 Å². The number of hydrogen-bond acceptors (Lipinski definition) is 5. The molecule has 0 radical (unpaired) electrons. The molecule has 1 aromatic carbocycles. The molecule has 2 saturated heterocycles. The molecule has 0 bridgehead atoms. The van der Waals surface area contributed by atoms with Gasteiger partial charge in [-0.15, -0.1) is 0 Å². The molecule has 0 N–H and O–H groups in total. The normalized spacial score (nSPS) is 23.2. The molecule has 1 aromatic heterocycles. The lowest BCUT2D eigenvalue weighted by molar-refractivity contribution is -0.0819. The van der Waals surface area contributed by atoms with E-state index in [1.54, 1.807) is 31.5 Å². The maximum atomic E-state index is 14.1. The fraction of sp³-hybridized carbons (Fsp3) is 0.455. The van der Waals surface area contributed by atoms with Gasteiger partial charge in [-0.1, -0.05) is 12.1 Å². The average molecular weight is 399 g/mol. The lowest BCUT2D eigenvalue weighted by atomic mass is 9.97. The summed E-state index contributed by atoms with van der Waals surface area (Å²) in [5.41, 5.74) is 1.69. The van der Waals surface area contributed by atoms with E-state index >= 15 is 0 Å². The second kappa shape index (κ2) is 8.98. The van der Waals surface area contributed by atoms with Gasteiger partial charge in [-0.25, -0.2) is 4.39 Å². The first-order valence-electron chi connectivity index (χ1n) is 10.0. The van der Waals surface area contributed by atoms with Crippen LogP contribution < -0.4 is 0 Å². The maximum Gasteiger partial charge on any atom is 0.254 e. The van der Waals surface area contributed by atoms with Crippen molar-refractivity contribution in [1.82, 2.24) is 14.8 Å². The quantitative estimate of drug-likeness (QED) is 0.791. The van der Waals surface area contributed by atoms with E-state index in [9.17, 15) is 9.18 Å².